The zero-order valence-electron chi connectivity index (χ0n) is 6.23. The van der Waals surface area contributed by atoms with E-state index in [2.05, 4.69) is 0 Å². The van der Waals surface area contributed by atoms with Gasteiger partial charge in [-0.25, -0.2) is 0 Å². The van der Waals surface area contributed by atoms with Crippen LogP contribution in [0.2, 0.25) is 0 Å². The van der Waals surface area contributed by atoms with Crippen LogP contribution in [0.1, 0.15) is 25.7 Å². The molecule has 0 radical (unpaired) electrons. The standard InChI is InChI=1S/C6H11BF3S/c8-7(9,10)5-11-6-3-1-2-4-6/h6H,1-5H2/q-1. The molecule has 66 valence electrons. The molecule has 1 saturated carbocycles. The third kappa shape index (κ3) is 3.94. The summed E-state index contributed by atoms with van der Waals surface area (Å²) in [4.78, 5) is 0. The Morgan fingerprint density at radius 3 is 2.18 bits per heavy atom. The number of hydrogen-bond donors (Lipinski definition) is 0. The molecule has 0 nitrogen and oxygen atoms in total. The van der Waals surface area contributed by atoms with Crippen LogP contribution >= 0.6 is 11.8 Å². The van der Waals surface area contributed by atoms with E-state index in [0.29, 0.717) is 5.25 Å². The normalized spacial score (nSPS) is 21.0. The zero-order chi connectivity index (χ0) is 8.32. The van der Waals surface area contributed by atoms with Crippen LogP contribution in [0.4, 0.5) is 12.9 Å². The lowest BCUT2D eigenvalue weighted by molar-refractivity contribution is 0.485. The molecule has 0 heterocycles. The van der Waals surface area contributed by atoms with E-state index >= 15 is 0 Å². The summed E-state index contributed by atoms with van der Waals surface area (Å²) >= 11 is 1.09. The Morgan fingerprint density at radius 2 is 1.73 bits per heavy atom. The molecular formula is C6H11BF3S-. The van der Waals surface area contributed by atoms with Crippen LogP contribution < -0.4 is 0 Å². The van der Waals surface area contributed by atoms with Crippen LogP contribution in [0.25, 0.3) is 0 Å². The van der Waals surface area contributed by atoms with E-state index in [1.807, 2.05) is 0 Å². The van der Waals surface area contributed by atoms with E-state index in [1.165, 1.54) is 0 Å². The number of rotatable bonds is 3. The highest BCUT2D eigenvalue weighted by Crippen LogP contribution is 2.31. The van der Waals surface area contributed by atoms with Crippen molar-refractivity contribution in [2.24, 2.45) is 0 Å². The van der Waals surface area contributed by atoms with E-state index in [1.54, 1.807) is 0 Å². The van der Waals surface area contributed by atoms with Gasteiger partial charge >= 0.3 is 6.98 Å². The molecule has 1 rings (SSSR count). The van der Waals surface area contributed by atoms with Gasteiger partial charge in [-0.1, -0.05) is 12.8 Å². The van der Waals surface area contributed by atoms with E-state index in [0.717, 1.165) is 37.4 Å². The molecule has 0 amide bonds. The predicted octanol–water partition coefficient (Wildman–Crippen LogP) is 3.05. The van der Waals surface area contributed by atoms with Gasteiger partial charge in [-0.05, 0) is 18.5 Å². The highest BCUT2D eigenvalue weighted by Gasteiger charge is 2.25. The summed E-state index contributed by atoms with van der Waals surface area (Å²) in [6.07, 6.45) is 4.19. The first-order valence-electron chi connectivity index (χ1n) is 3.90. The van der Waals surface area contributed by atoms with Gasteiger partial charge in [0.05, 0.1) is 0 Å². The Morgan fingerprint density at radius 1 is 1.18 bits per heavy atom. The first-order valence-corrected chi connectivity index (χ1v) is 4.95. The van der Waals surface area contributed by atoms with Gasteiger partial charge in [0.25, 0.3) is 0 Å². The smallest absolute Gasteiger partial charge is 0.448 e. The fourth-order valence-corrected chi connectivity index (χ4v) is 2.46. The molecule has 0 unspecified atom stereocenters. The van der Waals surface area contributed by atoms with Crippen molar-refractivity contribution in [3.05, 3.63) is 0 Å². The maximum Gasteiger partial charge on any atom is 0.488 e. The highest BCUT2D eigenvalue weighted by molar-refractivity contribution is 8.01. The minimum absolute atomic E-state index is 0.290. The summed E-state index contributed by atoms with van der Waals surface area (Å²) in [5, 5.41) is 0.290. The summed E-state index contributed by atoms with van der Waals surface area (Å²) in [5.41, 5.74) is -0.606. The van der Waals surface area contributed by atoms with E-state index in [9.17, 15) is 12.9 Å². The molecule has 0 atom stereocenters. The molecule has 11 heavy (non-hydrogen) atoms. The summed E-state index contributed by atoms with van der Waals surface area (Å²) in [6.45, 7) is -4.56. The fourth-order valence-electron chi connectivity index (χ4n) is 1.30. The topological polar surface area (TPSA) is 0 Å². The largest absolute Gasteiger partial charge is 0.488 e. The van der Waals surface area contributed by atoms with Gasteiger partial charge in [0.15, 0.2) is 0 Å². The number of thioether (sulfide) groups is 1. The van der Waals surface area contributed by atoms with Crippen molar-refractivity contribution in [3.8, 4) is 0 Å². The van der Waals surface area contributed by atoms with Crippen LogP contribution in [0.15, 0.2) is 0 Å². The predicted molar refractivity (Wildman–Crippen MR) is 43.8 cm³/mol. The zero-order valence-corrected chi connectivity index (χ0v) is 7.05. The SMILES string of the molecule is F[B-](F)(F)CSC1CCCC1. The summed E-state index contributed by atoms with van der Waals surface area (Å²) in [6, 6.07) is 0. The monoisotopic (exact) mass is 183 g/mol. The maximum atomic E-state index is 11.8. The Hall–Kier alpha value is 0.205. The molecule has 0 aliphatic heterocycles. The molecule has 1 fully saturated rings. The third-order valence-corrected chi connectivity index (χ3v) is 3.34. The Bertz CT molecular complexity index is 119. The van der Waals surface area contributed by atoms with Gasteiger partial charge in [0.1, 0.15) is 0 Å². The van der Waals surface area contributed by atoms with E-state index in [-0.39, 0.29) is 0 Å². The van der Waals surface area contributed by atoms with E-state index < -0.39 is 12.6 Å². The van der Waals surface area contributed by atoms with Gasteiger partial charge < -0.3 is 12.9 Å². The van der Waals surface area contributed by atoms with Crippen molar-refractivity contribution in [1.82, 2.24) is 0 Å². The molecule has 0 bridgehead atoms. The molecule has 0 saturated heterocycles. The lowest BCUT2D eigenvalue weighted by atomic mass is 9.98. The lowest BCUT2D eigenvalue weighted by Gasteiger charge is -2.15. The van der Waals surface area contributed by atoms with Gasteiger partial charge in [-0.2, -0.15) is 11.8 Å². The second-order valence-corrected chi connectivity index (χ2v) is 4.28. The highest BCUT2D eigenvalue weighted by atomic mass is 32.2. The molecule has 1 aliphatic rings. The molecule has 1 aliphatic carbocycles. The van der Waals surface area contributed by atoms with Crippen LogP contribution in [0, 0.1) is 0 Å². The Labute approximate surface area is 69.0 Å². The molecular weight excluding hydrogens is 172 g/mol. The second-order valence-electron chi connectivity index (χ2n) is 2.95. The van der Waals surface area contributed by atoms with Gasteiger partial charge in [-0.3, -0.25) is 0 Å². The first kappa shape index (κ1) is 9.29. The minimum atomic E-state index is -4.56. The van der Waals surface area contributed by atoms with Gasteiger partial charge in [0.2, 0.25) is 0 Å². The van der Waals surface area contributed by atoms with E-state index in [4.69, 9.17) is 0 Å². The van der Waals surface area contributed by atoms with Gasteiger partial charge in [0, 0.05) is 5.25 Å². The second kappa shape index (κ2) is 3.74. The minimum Gasteiger partial charge on any atom is -0.448 e. The molecule has 0 aromatic heterocycles. The quantitative estimate of drug-likeness (QED) is 0.606. The van der Waals surface area contributed by atoms with Crippen molar-refractivity contribution in [3.63, 3.8) is 0 Å². The molecule has 0 aromatic rings. The van der Waals surface area contributed by atoms with Crippen LogP contribution in [0.5, 0.6) is 0 Å². The summed E-state index contributed by atoms with van der Waals surface area (Å²) < 4.78 is 35.3. The van der Waals surface area contributed by atoms with Crippen LogP contribution in [-0.4, -0.2) is 17.9 Å². The number of hydrogen-bond acceptors (Lipinski definition) is 1. The molecule has 0 aromatic carbocycles. The Kier molecular flexibility index (Phi) is 3.16. The first-order chi connectivity index (χ1) is 5.08. The summed E-state index contributed by atoms with van der Waals surface area (Å²) in [5.74, 6) is 0. The number of halogens is 3. The van der Waals surface area contributed by atoms with Crippen molar-refractivity contribution in [2.45, 2.75) is 30.9 Å². The van der Waals surface area contributed by atoms with Crippen molar-refractivity contribution >= 4 is 18.7 Å². The maximum absolute atomic E-state index is 11.8. The Balaban J connectivity index is 2.11. The fraction of sp³-hybridized carbons (Fsp3) is 1.00. The molecule has 5 heteroatoms. The molecule has 0 N–H and O–H groups in total. The van der Waals surface area contributed by atoms with Crippen molar-refractivity contribution < 1.29 is 12.9 Å². The van der Waals surface area contributed by atoms with Crippen molar-refractivity contribution in [1.29, 1.82) is 0 Å². The van der Waals surface area contributed by atoms with Crippen LogP contribution in [-0.2, 0) is 0 Å². The van der Waals surface area contributed by atoms with Crippen LogP contribution in [0.3, 0.4) is 0 Å². The third-order valence-electron chi connectivity index (χ3n) is 1.82. The molecule has 0 spiro atoms. The summed E-state index contributed by atoms with van der Waals surface area (Å²) in [7, 11) is 0. The lowest BCUT2D eigenvalue weighted by Crippen LogP contribution is -2.20. The van der Waals surface area contributed by atoms with Crippen molar-refractivity contribution in [2.75, 3.05) is 5.65 Å². The average molecular weight is 183 g/mol. The average Bonchev–Trinajstić information content (AvgIpc) is 2.32. The van der Waals surface area contributed by atoms with Gasteiger partial charge in [-0.15, -0.1) is 0 Å².